The highest BCUT2D eigenvalue weighted by Gasteiger charge is 2.26. The van der Waals surface area contributed by atoms with E-state index in [2.05, 4.69) is 34.1 Å². The van der Waals surface area contributed by atoms with Gasteiger partial charge in [-0.15, -0.1) is 0 Å². The number of nitrogens with zero attached hydrogens (tertiary/aromatic N) is 3. The van der Waals surface area contributed by atoms with Gasteiger partial charge in [-0.05, 0) is 0 Å². The molecule has 100 valence electrons. The Bertz CT molecular complexity index is 406. The van der Waals surface area contributed by atoms with Crippen LogP contribution in [0.3, 0.4) is 0 Å². The number of anilines is 2. The molecular formula is C11H19N5OS. The maximum atomic E-state index is 5.44. The van der Waals surface area contributed by atoms with Gasteiger partial charge in [-0.25, -0.2) is 15.8 Å². The van der Waals surface area contributed by atoms with Crippen molar-refractivity contribution in [1.29, 1.82) is 0 Å². The summed E-state index contributed by atoms with van der Waals surface area (Å²) < 4.78 is 5.38. The number of nitrogen functional groups attached to an aromatic ring is 1. The van der Waals surface area contributed by atoms with Crippen molar-refractivity contribution in [2.75, 3.05) is 30.5 Å². The Morgan fingerprint density at radius 1 is 1.39 bits per heavy atom. The molecule has 0 amide bonds. The maximum Gasteiger partial charge on any atom is 0.205 e. The molecule has 1 aromatic heterocycles. The van der Waals surface area contributed by atoms with Gasteiger partial charge < -0.3 is 15.1 Å². The third-order valence-electron chi connectivity index (χ3n) is 2.85. The number of thioether (sulfide) groups is 1. The van der Waals surface area contributed by atoms with Gasteiger partial charge in [0.15, 0.2) is 11.6 Å². The van der Waals surface area contributed by atoms with Gasteiger partial charge in [0, 0.05) is 23.6 Å². The lowest BCUT2D eigenvalue weighted by atomic mass is 10.3. The fraction of sp³-hybridized carbons (Fsp3) is 0.636. The molecule has 18 heavy (non-hydrogen) atoms. The predicted molar refractivity (Wildman–Crippen MR) is 75.1 cm³/mol. The van der Waals surface area contributed by atoms with E-state index in [0.29, 0.717) is 22.1 Å². The van der Waals surface area contributed by atoms with Gasteiger partial charge in [-0.2, -0.15) is 11.8 Å². The standard InChI is InChI=1S/C11H19N5OS/c1-7-4-16(5-8(2)18-7)11-9(17-3)10(15-12)13-6-14-11/h6-8H,4-5,12H2,1-3H3,(H,13,14,15). The highest BCUT2D eigenvalue weighted by molar-refractivity contribution is 8.00. The van der Waals surface area contributed by atoms with Crippen LogP contribution >= 0.6 is 11.8 Å². The number of hydrogen-bond donors (Lipinski definition) is 2. The van der Waals surface area contributed by atoms with Crippen molar-refractivity contribution in [3.8, 4) is 5.75 Å². The molecule has 0 spiro atoms. The average Bonchev–Trinajstić information content (AvgIpc) is 2.36. The van der Waals surface area contributed by atoms with E-state index in [9.17, 15) is 0 Å². The summed E-state index contributed by atoms with van der Waals surface area (Å²) in [5.74, 6) is 7.36. The van der Waals surface area contributed by atoms with Crippen LogP contribution in [0.4, 0.5) is 11.6 Å². The van der Waals surface area contributed by atoms with Crippen LogP contribution in [0.25, 0.3) is 0 Å². The number of aromatic nitrogens is 2. The molecule has 1 fully saturated rings. The lowest BCUT2D eigenvalue weighted by Crippen LogP contribution is -2.41. The Hall–Kier alpha value is -1.21. The van der Waals surface area contributed by atoms with Crippen LogP contribution in [0.2, 0.25) is 0 Å². The SMILES string of the molecule is COc1c(NN)ncnc1N1CC(C)SC(C)C1. The van der Waals surface area contributed by atoms with Crippen LogP contribution in [0.5, 0.6) is 5.75 Å². The fourth-order valence-corrected chi connectivity index (χ4v) is 3.56. The van der Waals surface area contributed by atoms with Crippen LogP contribution in [0.1, 0.15) is 13.8 Å². The molecule has 0 bridgehead atoms. The number of hydrogen-bond acceptors (Lipinski definition) is 7. The first-order chi connectivity index (χ1) is 8.65. The summed E-state index contributed by atoms with van der Waals surface area (Å²) in [6, 6.07) is 0. The molecule has 3 N–H and O–H groups in total. The van der Waals surface area contributed by atoms with Crippen molar-refractivity contribution < 1.29 is 4.74 Å². The van der Waals surface area contributed by atoms with Gasteiger partial charge in [-0.3, -0.25) is 0 Å². The van der Waals surface area contributed by atoms with Crippen molar-refractivity contribution in [2.45, 2.75) is 24.3 Å². The lowest BCUT2D eigenvalue weighted by molar-refractivity contribution is 0.412. The largest absolute Gasteiger partial charge is 0.490 e. The van der Waals surface area contributed by atoms with Gasteiger partial charge >= 0.3 is 0 Å². The normalized spacial score (nSPS) is 23.9. The zero-order valence-electron chi connectivity index (χ0n) is 10.9. The van der Waals surface area contributed by atoms with Crippen LogP contribution in [0, 0.1) is 0 Å². The number of hydrazine groups is 1. The molecule has 2 heterocycles. The monoisotopic (exact) mass is 269 g/mol. The molecular weight excluding hydrogens is 250 g/mol. The summed E-state index contributed by atoms with van der Waals surface area (Å²) in [5, 5.41) is 1.14. The molecule has 2 atom stereocenters. The molecule has 1 saturated heterocycles. The number of methoxy groups -OCH3 is 1. The number of ether oxygens (including phenoxy) is 1. The molecule has 7 heteroatoms. The smallest absolute Gasteiger partial charge is 0.205 e. The molecule has 0 aromatic carbocycles. The van der Waals surface area contributed by atoms with E-state index >= 15 is 0 Å². The van der Waals surface area contributed by atoms with Crippen LogP contribution in [0.15, 0.2) is 6.33 Å². The summed E-state index contributed by atoms with van der Waals surface area (Å²) in [5.41, 5.74) is 2.54. The maximum absolute atomic E-state index is 5.44. The van der Waals surface area contributed by atoms with Crippen LogP contribution < -0.4 is 20.9 Å². The Kier molecular flexibility index (Phi) is 4.13. The molecule has 2 unspecified atom stereocenters. The summed E-state index contributed by atoms with van der Waals surface area (Å²) in [4.78, 5) is 10.6. The van der Waals surface area contributed by atoms with Gasteiger partial charge in [-0.1, -0.05) is 13.8 Å². The highest BCUT2D eigenvalue weighted by Crippen LogP contribution is 2.35. The minimum atomic E-state index is 0.515. The van der Waals surface area contributed by atoms with Crippen molar-refractivity contribution in [2.24, 2.45) is 5.84 Å². The fourth-order valence-electron chi connectivity index (χ4n) is 2.23. The first-order valence-electron chi connectivity index (χ1n) is 5.91. The van der Waals surface area contributed by atoms with E-state index in [0.717, 1.165) is 18.9 Å². The van der Waals surface area contributed by atoms with Crippen LogP contribution in [-0.4, -0.2) is 40.7 Å². The molecule has 6 nitrogen and oxygen atoms in total. The Balaban J connectivity index is 2.32. The minimum absolute atomic E-state index is 0.515. The minimum Gasteiger partial charge on any atom is -0.490 e. The summed E-state index contributed by atoms with van der Waals surface area (Å²) in [6.07, 6.45) is 1.50. The molecule has 0 aliphatic carbocycles. The topological polar surface area (TPSA) is 76.3 Å². The molecule has 1 aliphatic rings. The molecule has 0 radical (unpaired) electrons. The summed E-state index contributed by atoms with van der Waals surface area (Å²) in [6.45, 7) is 6.35. The van der Waals surface area contributed by atoms with Crippen molar-refractivity contribution in [3.63, 3.8) is 0 Å². The molecule has 1 aromatic rings. The van der Waals surface area contributed by atoms with Gasteiger partial charge in [0.1, 0.15) is 6.33 Å². The molecule has 0 saturated carbocycles. The van der Waals surface area contributed by atoms with Crippen molar-refractivity contribution in [1.82, 2.24) is 9.97 Å². The van der Waals surface area contributed by atoms with E-state index in [1.54, 1.807) is 7.11 Å². The third-order valence-corrected chi connectivity index (χ3v) is 4.07. The molecule has 1 aliphatic heterocycles. The van der Waals surface area contributed by atoms with Crippen molar-refractivity contribution >= 4 is 23.4 Å². The molecule has 2 rings (SSSR count). The zero-order chi connectivity index (χ0) is 13.1. The predicted octanol–water partition coefficient (Wildman–Crippen LogP) is 1.10. The highest BCUT2D eigenvalue weighted by atomic mass is 32.2. The van der Waals surface area contributed by atoms with E-state index in [1.165, 1.54) is 6.33 Å². The van der Waals surface area contributed by atoms with Gasteiger partial charge in [0.05, 0.1) is 7.11 Å². The van der Waals surface area contributed by atoms with Crippen molar-refractivity contribution in [3.05, 3.63) is 6.33 Å². The zero-order valence-corrected chi connectivity index (χ0v) is 11.7. The van der Waals surface area contributed by atoms with E-state index in [-0.39, 0.29) is 0 Å². The lowest BCUT2D eigenvalue weighted by Gasteiger charge is -2.35. The number of rotatable bonds is 3. The van der Waals surface area contributed by atoms with Crippen LogP contribution in [-0.2, 0) is 0 Å². The summed E-state index contributed by atoms with van der Waals surface area (Å²) >= 11 is 2.00. The Morgan fingerprint density at radius 3 is 2.61 bits per heavy atom. The van der Waals surface area contributed by atoms with E-state index in [1.807, 2.05) is 11.8 Å². The Morgan fingerprint density at radius 2 is 2.06 bits per heavy atom. The first-order valence-corrected chi connectivity index (χ1v) is 6.86. The first kappa shape index (κ1) is 13.2. The quantitative estimate of drug-likeness (QED) is 0.628. The number of nitrogens with one attached hydrogen (secondary N) is 1. The third kappa shape index (κ3) is 2.62. The Labute approximate surface area is 111 Å². The average molecular weight is 269 g/mol. The van der Waals surface area contributed by atoms with Gasteiger partial charge in [0.25, 0.3) is 0 Å². The second kappa shape index (κ2) is 5.62. The number of nitrogens with two attached hydrogens (primary N) is 1. The second-order valence-corrected chi connectivity index (χ2v) is 6.27. The van der Waals surface area contributed by atoms with Gasteiger partial charge in [0.2, 0.25) is 5.75 Å². The van der Waals surface area contributed by atoms with E-state index < -0.39 is 0 Å². The summed E-state index contributed by atoms with van der Waals surface area (Å²) in [7, 11) is 1.61. The van der Waals surface area contributed by atoms with E-state index in [4.69, 9.17) is 10.6 Å². The second-order valence-electron chi connectivity index (χ2n) is 4.39.